The summed E-state index contributed by atoms with van der Waals surface area (Å²) in [5.41, 5.74) is 0.997. The molecule has 0 aromatic carbocycles. The fraction of sp³-hybridized carbons (Fsp3) is 0.800. The quantitative estimate of drug-likeness (QED) is 0.542. The summed E-state index contributed by atoms with van der Waals surface area (Å²) in [6, 6.07) is 0. The topological polar surface area (TPSA) is 110 Å². The molecule has 0 aliphatic heterocycles. The smallest absolute Gasteiger partial charge is 0.109 e. The predicted octanol–water partition coefficient (Wildman–Crippen LogP) is 0.388. The van der Waals surface area contributed by atoms with Gasteiger partial charge in [-0.05, 0) is 38.5 Å². The van der Waals surface area contributed by atoms with Crippen molar-refractivity contribution in [1.82, 2.24) is 9.97 Å². The van der Waals surface area contributed by atoms with Crippen LogP contribution in [-0.2, 0) is 0 Å². The molecule has 5 N–H and O–H groups in total. The van der Waals surface area contributed by atoms with Crippen molar-refractivity contribution in [1.29, 1.82) is 0 Å². The van der Waals surface area contributed by atoms with Crippen LogP contribution in [0.2, 0.25) is 0 Å². The molecule has 118 valence electrons. The van der Waals surface area contributed by atoms with Crippen LogP contribution in [0.5, 0.6) is 0 Å². The molecule has 0 radical (unpaired) electrons. The van der Waals surface area contributed by atoms with Crippen molar-refractivity contribution in [3.05, 3.63) is 17.7 Å². The summed E-state index contributed by atoms with van der Waals surface area (Å²) in [6.45, 7) is 0. The van der Waals surface area contributed by atoms with Crippen LogP contribution in [0.25, 0.3) is 0 Å². The molecule has 2 aliphatic rings. The summed E-state index contributed by atoms with van der Waals surface area (Å²) in [5, 5.41) is 38.7. The SMILES string of the molecule is OC1CCC(c2cnc(C3CCC(O)C(O)C3)[nH]2)CC1O. The molecule has 6 heteroatoms. The lowest BCUT2D eigenvalue weighted by molar-refractivity contribution is -0.0163. The minimum atomic E-state index is -0.677. The predicted molar refractivity (Wildman–Crippen MR) is 75.8 cm³/mol. The number of H-pyrrole nitrogens is 1. The Balaban J connectivity index is 1.66. The Bertz CT molecular complexity index is 437. The van der Waals surface area contributed by atoms with Crippen molar-refractivity contribution < 1.29 is 20.4 Å². The molecule has 21 heavy (non-hydrogen) atoms. The van der Waals surface area contributed by atoms with Crippen molar-refractivity contribution in [3.63, 3.8) is 0 Å². The van der Waals surface area contributed by atoms with Gasteiger partial charge in [0.05, 0.1) is 24.4 Å². The molecule has 6 nitrogen and oxygen atoms in total. The summed E-state index contributed by atoms with van der Waals surface area (Å²) < 4.78 is 0. The molecule has 0 amide bonds. The first kappa shape index (κ1) is 15.0. The van der Waals surface area contributed by atoms with Crippen LogP contribution in [0.4, 0.5) is 0 Å². The van der Waals surface area contributed by atoms with Crippen LogP contribution in [0.1, 0.15) is 61.9 Å². The molecule has 6 atom stereocenters. The Hall–Kier alpha value is -0.950. The first-order valence-corrected chi connectivity index (χ1v) is 7.81. The summed E-state index contributed by atoms with van der Waals surface area (Å²) in [5.74, 6) is 1.21. The first-order valence-electron chi connectivity index (χ1n) is 7.81. The third-order valence-electron chi connectivity index (χ3n) is 5.00. The molecule has 1 heterocycles. The number of nitrogens with zero attached hydrogens (tertiary/aromatic N) is 1. The van der Waals surface area contributed by atoms with Crippen LogP contribution in [0.15, 0.2) is 6.20 Å². The van der Waals surface area contributed by atoms with Crippen molar-refractivity contribution >= 4 is 0 Å². The van der Waals surface area contributed by atoms with Gasteiger partial charge in [-0.25, -0.2) is 4.98 Å². The fourth-order valence-electron chi connectivity index (χ4n) is 3.56. The number of aromatic nitrogens is 2. The lowest BCUT2D eigenvalue weighted by Crippen LogP contribution is -2.33. The monoisotopic (exact) mass is 296 g/mol. The zero-order valence-corrected chi connectivity index (χ0v) is 12.0. The van der Waals surface area contributed by atoms with Gasteiger partial charge in [-0.15, -0.1) is 0 Å². The molecule has 2 saturated carbocycles. The van der Waals surface area contributed by atoms with Gasteiger partial charge in [0.1, 0.15) is 5.82 Å². The third-order valence-corrected chi connectivity index (χ3v) is 5.00. The minimum absolute atomic E-state index is 0.149. The van der Waals surface area contributed by atoms with Gasteiger partial charge < -0.3 is 25.4 Å². The van der Waals surface area contributed by atoms with Gasteiger partial charge in [0.25, 0.3) is 0 Å². The van der Waals surface area contributed by atoms with Crippen molar-refractivity contribution in [2.75, 3.05) is 0 Å². The Morgan fingerprint density at radius 1 is 0.810 bits per heavy atom. The standard InChI is InChI=1S/C15H24N2O4/c18-11-3-1-8(5-13(11)20)10-7-16-15(17-10)9-2-4-12(19)14(21)6-9/h7-9,11-14,18-21H,1-6H2,(H,16,17). The largest absolute Gasteiger partial charge is 0.390 e. The van der Waals surface area contributed by atoms with Gasteiger partial charge in [-0.2, -0.15) is 0 Å². The number of aliphatic hydroxyl groups excluding tert-OH is 4. The van der Waals surface area contributed by atoms with E-state index in [2.05, 4.69) is 9.97 Å². The van der Waals surface area contributed by atoms with Gasteiger partial charge in [0.2, 0.25) is 0 Å². The molecular weight excluding hydrogens is 272 g/mol. The Kier molecular flexibility index (Phi) is 4.31. The van der Waals surface area contributed by atoms with Crippen LogP contribution in [0, 0.1) is 0 Å². The maximum absolute atomic E-state index is 9.78. The highest BCUT2D eigenvalue weighted by Crippen LogP contribution is 2.35. The average molecular weight is 296 g/mol. The molecule has 1 aromatic heterocycles. The summed E-state index contributed by atoms with van der Waals surface area (Å²) in [4.78, 5) is 7.75. The lowest BCUT2D eigenvalue weighted by Gasteiger charge is -2.30. The number of aliphatic hydroxyl groups is 4. The van der Waals surface area contributed by atoms with E-state index in [4.69, 9.17) is 0 Å². The van der Waals surface area contributed by atoms with Gasteiger partial charge in [0.15, 0.2) is 0 Å². The molecule has 6 unspecified atom stereocenters. The van der Waals surface area contributed by atoms with Gasteiger partial charge >= 0.3 is 0 Å². The molecule has 0 saturated heterocycles. The number of rotatable bonds is 2. The van der Waals surface area contributed by atoms with E-state index in [0.29, 0.717) is 25.7 Å². The zero-order chi connectivity index (χ0) is 15.0. The molecular formula is C15H24N2O4. The Morgan fingerprint density at radius 3 is 2.00 bits per heavy atom. The van der Waals surface area contributed by atoms with E-state index in [1.807, 2.05) is 6.20 Å². The maximum Gasteiger partial charge on any atom is 0.109 e. The summed E-state index contributed by atoms with van der Waals surface area (Å²) in [7, 11) is 0. The maximum atomic E-state index is 9.78. The van der Waals surface area contributed by atoms with Crippen molar-refractivity contribution in [3.8, 4) is 0 Å². The second kappa shape index (κ2) is 6.04. The Morgan fingerprint density at radius 2 is 1.38 bits per heavy atom. The highest BCUT2D eigenvalue weighted by atomic mass is 16.3. The third kappa shape index (κ3) is 3.13. The molecule has 2 fully saturated rings. The van der Waals surface area contributed by atoms with E-state index >= 15 is 0 Å². The average Bonchev–Trinajstić information content (AvgIpc) is 2.94. The van der Waals surface area contributed by atoms with Crippen molar-refractivity contribution in [2.24, 2.45) is 0 Å². The molecule has 3 rings (SSSR count). The van der Waals surface area contributed by atoms with Crippen molar-refractivity contribution in [2.45, 2.75) is 74.8 Å². The van der Waals surface area contributed by atoms with E-state index in [0.717, 1.165) is 24.4 Å². The summed E-state index contributed by atoms with van der Waals surface area (Å²) >= 11 is 0. The molecule has 1 aromatic rings. The van der Waals surface area contributed by atoms with E-state index in [1.165, 1.54) is 0 Å². The minimum Gasteiger partial charge on any atom is -0.390 e. The Labute approximate surface area is 123 Å². The fourth-order valence-corrected chi connectivity index (χ4v) is 3.56. The van der Waals surface area contributed by atoms with Crippen LogP contribution in [-0.4, -0.2) is 54.8 Å². The van der Waals surface area contributed by atoms with Crippen LogP contribution >= 0.6 is 0 Å². The van der Waals surface area contributed by atoms with Crippen LogP contribution < -0.4 is 0 Å². The van der Waals surface area contributed by atoms with Gasteiger partial charge in [-0.3, -0.25) is 0 Å². The summed E-state index contributed by atoms with van der Waals surface area (Å²) in [6.07, 6.45) is 3.17. The number of aromatic amines is 1. The van der Waals surface area contributed by atoms with E-state index in [-0.39, 0.29) is 11.8 Å². The molecule has 0 spiro atoms. The molecule has 0 bridgehead atoms. The number of imidazole rings is 1. The van der Waals surface area contributed by atoms with E-state index in [1.54, 1.807) is 0 Å². The zero-order valence-electron chi connectivity index (χ0n) is 12.0. The normalized spacial score (nSPS) is 41.1. The molecule has 2 aliphatic carbocycles. The lowest BCUT2D eigenvalue weighted by atomic mass is 9.83. The highest BCUT2D eigenvalue weighted by Gasteiger charge is 2.32. The van der Waals surface area contributed by atoms with E-state index < -0.39 is 24.4 Å². The van der Waals surface area contributed by atoms with E-state index in [9.17, 15) is 20.4 Å². The van der Waals surface area contributed by atoms with Crippen LogP contribution in [0.3, 0.4) is 0 Å². The number of hydrogen-bond acceptors (Lipinski definition) is 5. The first-order chi connectivity index (χ1) is 10.0. The van der Waals surface area contributed by atoms with Gasteiger partial charge in [0, 0.05) is 23.7 Å². The second-order valence-electron chi connectivity index (χ2n) is 6.51. The second-order valence-corrected chi connectivity index (χ2v) is 6.51. The number of nitrogens with one attached hydrogen (secondary N) is 1. The highest BCUT2D eigenvalue weighted by molar-refractivity contribution is 5.13. The van der Waals surface area contributed by atoms with Gasteiger partial charge in [-0.1, -0.05) is 0 Å². The number of hydrogen-bond donors (Lipinski definition) is 5.